The maximum Gasteiger partial charge on any atom is 0.239 e. The molecule has 1 aliphatic heterocycles. The number of rotatable bonds is 5. The van der Waals surface area contributed by atoms with Gasteiger partial charge in [-0.2, -0.15) is 4.98 Å². The molecule has 0 radical (unpaired) electrons. The van der Waals surface area contributed by atoms with E-state index >= 15 is 0 Å². The van der Waals surface area contributed by atoms with Gasteiger partial charge in [0.15, 0.2) is 0 Å². The van der Waals surface area contributed by atoms with Crippen LogP contribution in [0.3, 0.4) is 0 Å². The number of morpholine rings is 1. The maximum absolute atomic E-state index is 5.74. The average molecular weight is 266 g/mol. The summed E-state index contributed by atoms with van der Waals surface area (Å²) >= 11 is 0. The van der Waals surface area contributed by atoms with Gasteiger partial charge in [0, 0.05) is 31.4 Å². The Labute approximate surface area is 113 Å². The highest BCUT2D eigenvalue weighted by atomic mass is 16.5. The zero-order chi connectivity index (χ0) is 13.7. The van der Waals surface area contributed by atoms with Crippen molar-refractivity contribution in [2.24, 2.45) is 5.84 Å². The van der Waals surface area contributed by atoms with Gasteiger partial charge in [-0.05, 0) is 13.5 Å². The van der Waals surface area contributed by atoms with Crippen LogP contribution in [0.5, 0.6) is 0 Å². The molecule has 1 aromatic heterocycles. The van der Waals surface area contributed by atoms with Crippen LogP contribution in [0.25, 0.3) is 0 Å². The summed E-state index contributed by atoms with van der Waals surface area (Å²) in [6.45, 7) is 8.69. The van der Waals surface area contributed by atoms with Crippen LogP contribution < -0.4 is 16.6 Å². The minimum absolute atomic E-state index is 0.192. The molecular formula is C12H22N6O. The van der Waals surface area contributed by atoms with E-state index in [4.69, 9.17) is 10.6 Å². The molecule has 0 spiro atoms. The molecule has 1 saturated heterocycles. The Morgan fingerprint density at radius 1 is 1.58 bits per heavy atom. The zero-order valence-corrected chi connectivity index (χ0v) is 11.5. The molecule has 1 aromatic rings. The van der Waals surface area contributed by atoms with Crippen LogP contribution >= 0.6 is 0 Å². The third-order valence-electron chi connectivity index (χ3n) is 3.27. The van der Waals surface area contributed by atoms with Crippen LogP contribution in [-0.2, 0) is 4.74 Å². The van der Waals surface area contributed by atoms with Crippen molar-refractivity contribution in [2.45, 2.75) is 20.0 Å². The normalized spacial score (nSPS) is 20.3. The number of nitrogens with zero attached hydrogens (tertiary/aromatic N) is 3. The van der Waals surface area contributed by atoms with Crippen LogP contribution in [0.4, 0.5) is 11.8 Å². The molecule has 1 unspecified atom stereocenters. The Morgan fingerprint density at radius 2 is 2.42 bits per heavy atom. The first-order valence-corrected chi connectivity index (χ1v) is 6.61. The number of hydrogen-bond donors (Lipinski definition) is 3. The van der Waals surface area contributed by atoms with E-state index < -0.39 is 0 Å². The second-order valence-electron chi connectivity index (χ2n) is 4.64. The fraction of sp³-hybridized carbons (Fsp3) is 0.667. The largest absolute Gasteiger partial charge is 0.374 e. The van der Waals surface area contributed by atoms with E-state index in [1.807, 2.05) is 6.92 Å². The van der Waals surface area contributed by atoms with E-state index in [0.717, 1.165) is 44.2 Å². The molecule has 1 atom stereocenters. The van der Waals surface area contributed by atoms with Crippen molar-refractivity contribution >= 4 is 11.8 Å². The van der Waals surface area contributed by atoms with E-state index in [9.17, 15) is 0 Å². The van der Waals surface area contributed by atoms with E-state index in [2.05, 4.69) is 32.5 Å². The standard InChI is InChI=1S/C12H22N6O/c1-3-18-4-5-19-10(8-18)7-14-11-9(2)6-15-12(16-11)17-13/h6,10H,3-5,7-8,13H2,1-2H3,(H2,14,15,16,17). The summed E-state index contributed by atoms with van der Waals surface area (Å²) in [5.41, 5.74) is 3.44. The van der Waals surface area contributed by atoms with E-state index in [1.54, 1.807) is 6.20 Å². The first-order chi connectivity index (χ1) is 9.22. The highest BCUT2D eigenvalue weighted by Gasteiger charge is 2.19. The monoisotopic (exact) mass is 266 g/mol. The number of nitrogen functional groups attached to an aromatic ring is 1. The quantitative estimate of drug-likeness (QED) is 0.518. The molecule has 7 heteroatoms. The first kappa shape index (κ1) is 14.0. The molecule has 2 heterocycles. The number of aryl methyl sites for hydroxylation is 1. The minimum Gasteiger partial charge on any atom is -0.374 e. The third-order valence-corrected chi connectivity index (χ3v) is 3.27. The topological polar surface area (TPSA) is 88.3 Å². The second kappa shape index (κ2) is 6.65. The molecular weight excluding hydrogens is 244 g/mol. The maximum atomic E-state index is 5.74. The summed E-state index contributed by atoms with van der Waals surface area (Å²) in [4.78, 5) is 10.7. The summed E-state index contributed by atoms with van der Waals surface area (Å²) in [6, 6.07) is 0. The summed E-state index contributed by atoms with van der Waals surface area (Å²) in [6.07, 6.45) is 1.93. The summed E-state index contributed by atoms with van der Waals surface area (Å²) < 4.78 is 5.74. The number of hydrazine groups is 1. The Kier molecular flexibility index (Phi) is 4.89. The van der Waals surface area contributed by atoms with Crippen LogP contribution in [0, 0.1) is 6.92 Å². The zero-order valence-electron chi connectivity index (χ0n) is 11.5. The molecule has 0 aliphatic carbocycles. The highest BCUT2D eigenvalue weighted by Crippen LogP contribution is 2.13. The number of hydrogen-bond acceptors (Lipinski definition) is 7. The molecule has 7 nitrogen and oxygen atoms in total. The Hall–Kier alpha value is -1.44. The van der Waals surface area contributed by atoms with Crippen LogP contribution in [0.2, 0.25) is 0 Å². The van der Waals surface area contributed by atoms with Crippen molar-refractivity contribution < 1.29 is 4.74 Å². The summed E-state index contributed by atoms with van der Waals surface area (Å²) in [7, 11) is 0. The number of aromatic nitrogens is 2. The lowest BCUT2D eigenvalue weighted by atomic mass is 10.2. The summed E-state index contributed by atoms with van der Waals surface area (Å²) in [5.74, 6) is 6.51. The van der Waals surface area contributed by atoms with Gasteiger partial charge in [-0.3, -0.25) is 10.3 Å². The number of nitrogens with two attached hydrogens (primary N) is 1. The van der Waals surface area contributed by atoms with Gasteiger partial charge in [0.25, 0.3) is 0 Å². The van der Waals surface area contributed by atoms with Gasteiger partial charge in [0.05, 0.1) is 12.7 Å². The number of ether oxygens (including phenoxy) is 1. The lowest BCUT2D eigenvalue weighted by molar-refractivity contribution is -0.0192. The molecule has 0 amide bonds. The van der Waals surface area contributed by atoms with Crippen LogP contribution in [0.1, 0.15) is 12.5 Å². The minimum atomic E-state index is 0.192. The molecule has 1 aliphatic rings. The Balaban J connectivity index is 1.91. The van der Waals surface area contributed by atoms with Gasteiger partial charge < -0.3 is 10.1 Å². The van der Waals surface area contributed by atoms with Crippen molar-refractivity contribution in [3.05, 3.63) is 11.8 Å². The van der Waals surface area contributed by atoms with Gasteiger partial charge in [-0.1, -0.05) is 6.92 Å². The Bertz CT molecular complexity index is 413. The number of anilines is 2. The summed E-state index contributed by atoms with van der Waals surface area (Å²) in [5, 5.41) is 3.30. The van der Waals surface area contributed by atoms with E-state index in [0.29, 0.717) is 5.95 Å². The second-order valence-corrected chi connectivity index (χ2v) is 4.64. The number of nitrogens with one attached hydrogen (secondary N) is 2. The molecule has 19 heavy (non-hydrogen) atoms. The molecule has 0 saturated carbocycles. The molecule has 1 fully saturated rings. The van der Waals surface area contributed by atoms with Gasteiger partial charge in [0.2, 0.25) is 5.95 Å². The van der Waals surface area contributed by atoms with Crippen LogP contribution in [-0.4, -0.2) is 53.8 Å². The molecule has 0 aromatic carbocycles. The van der Waals surface area contributed by atoms with Crippen molar-refractivity contribution in [2.75, 3.05) is 43.5 Å². The molecule has 0 bridgehead atoms. The molecule has 106 valence electrons. The predicted molar refractivity (Wildman–Crippen MR) is 74.9 cm³/mol. The molecule has 4 N–H and O–H groups in total. The van der Waals surface area contributed by atoms with Gasteiger partial charge in [-0.25, -0.2) is 10.8 Å². The van der Waals surface area contributed by atoms with Crippen molar-refractivity contribution in [1.82, 2.24) is 14.9 Å². The van der Waals surface area contributed by atoms with Crippen molar-refractivity contribution in [3.63, 3.8) is 0 Å². The SMILES string of the molecule is CCN1CCOC(CNc2nc(NN)ncc2C)C1. The smallest absolute Gasteiger partial charge is 0.239 e. The predicted octanol–water partition coefficient (Wildman–Crippen LogP) is 0.203. The van der Waals surface area contributed by atoms with E-state index in [-0.39, 0.29) is 6.10 Å². The van der Waals surface area contributed by atoms with Gasteiger partial charge in [0.1, 0.15) is 5.82 Å². The van der Waals surface area contributed by atoms with Crippen molar-refractivity contribution in [1.29, 1.82) is 0 Å². The fourth-order valence-electron chi connectivity index (χ4n) is 2.09. The average Bonchev–Trinajstić information content (AvgIpc) is 2.46. The van der Waals surface area contributed by atoms with Gasteiger partial charge >= 0.3 is 0 Å². The number of likely N-dealkylation sites (N-methyl/N-ethyl adjacent to an activating group) is 1. The highest BCUT2D eigenvalue weighted by molar-refractivity contribution is 5.46. The molecule has 2 rings (SSSR count). The fourth-order valence-corrected chi connectivity index (χ4v) is 2.09. The third kappa shape index (κ3) is 3.76. The van der Waals surface area contributed by atoms with Gasteiger partial charge in [-0.15, -0.1) is 0 Å². The Morgan fingerprint density at radius 3 is 3.16 bits per heavy atom. The van der Waals surface area contributed by atoms with Crippen LogP contribution in [0.15, 0.2) is 6.20 Å². The van der Waals surface area contributed by atoms with E-state index in [1.165, 1.54) is 0 Å². The lowest BCUT2D eigenvalue weighted by Gasteiger charge is -2.32. The first-order valence-electron chi connectivity index (χ1n) is 6.61. The lowest BCUT2D eigenvalue weighted by Crippen LogP contribution is -2.45. The van der Waals surface area contributed by atoms with Crippen molar-refractivity contribution in [3.8, 4) is 0 Å².